The number of anilines is 1. The standard InChI is InChI=1S/C11H15FN2O2/c1-7(2)6-9(11(15)16)14-10-8(12)4-3-5-13-10/h3-5,7,9H,6H2,1-2H3,(H,13,14)(H,15,16). The minimum atomic E-state index is -1.00. The summed E-state index contributed by atoms with van der Waals surface area (Å²) in [5, 5.41) is 11.6. The molecule has 1 aromatic rings. The number of halogens is 1. The Labute approximate surface area is 93.5 Å². The number of carboxylic acids is 1. The lowest BCUT2D eigenvalue weighted by Crippen LogP contribution is -2.31. The van der Waals surface area contributed by atoms with E-state index in [2.05, 4.69) is 10.3 Å². The Bertz CT molecular complexity index is 369. The van der Waals surface area contributed by atoms with Crippen molar-refractivity contribution in [3.8, 4) is 0 Å². The average Bonchev–Trinajstić information content (AvgIpc) is 2.19. The summed E-state index contributed by atoms with van der Waals surface area (Å²) in [6.45, 7) is 3.82. The van der Waals surface area contributed by atoms with Crippen LogP contribution in [0.3, 0.4) is 0 Å². The van der Waals surface area contributed by atoms with E-state index in [-0.39, 0.29) is 11.7 Å². The molecule has 0 aliphatic rings. The van der Waals surface area contributed by atoms with E-state index >= 15 is 0 Å². The number of pyridine rings is 1. The third-order valence-corrected chi connectivity index (χ3v) is 2.07. The maximum absolute atomic E-state index is 13.2. The van der Waals surface area contributed by atoms with Crippen molar-refractivity contribution in [2.75, 3.05) is 5.32 Å². The Balaban J connectivity index is 2.76. The summed E-state index contributed by atoms with van der Waals surface area (Å²) in [5.41, 5.74) is 0. The topological polar surface area (TPSA) is 62.2 Å². The van der Waals surface area contributed by atoms with Gasteiger partial charge in [0.25, 0.3) is 0 Å². The van der Waals surface area contributed by atoms with Crippen molar-refractivity contribution in [1.29, 1.82) is 0 Å². The van der Waals surface area contributed by atoms with Crippen molar-refractivity contribution < 1.29 is 14.3 Å². The van der Waals surface area contributed by atoms with E-state index in [0.717, 1.165) is 0 Å². The smallest absolute Gasteiger partial charge is 0.326 e. The summed E-state index contributed by atoms with van der Waals surface area (Å²) in [4.78, 5) is 14.7. The highest BCUT2D eigenvalue weighted by molar-refractivity contribution is 5.76. The van der Waals surface area contributed by atoms with Crippen LogP contribution in [0.2, 0.25) is 0 Å². The molecule has 0 amide bonds. The molecule has 1 rings (SSSR count). The predicted octanol–water partition coefficient (Wildman–Crippen LogP) is 2.13. The minimum absolute atomic E-state index is 0.0180. The molecule has 4 nitrogen and oxygen atoms in total. The molecular weight excluding hydrogens is 211 g/mol. The van der Waals surface area contributed by atoms with Crippen LogP contribution >= 0.6 is 0 Å². The fraction of sp³-hybridized carbons (Fsp3) is 0.455. The van der Waals surface area contributed by atoms with E-state index in [1.807, 2.05) is 13.8 Å². The SMILES string of the molecule is CC(C)CC(Nc1ncccc1F)C(=O)O. The zero-order valence-electron chi connectivity index (χ0n) is 9.27. The quantitative estimate of drug-likeness (QED) is 0.807. The highest BCUT2D eigenvalue weighted by Crippen LogP contribution is 2.14. The monoisotopic (exact) mass is 226 g/mol. The van der Waals surface area contributed by atoms with Gasteiger partial charge in [-0.15, -0.1) is 0 Å². The molecule has 0 aliphatic carbocycles. The van der Waals surface area contributed by atoms with Crippen molar-refractivity contribution in [2.24, 2.45) is 5.92 Å². The van der Waals surface area contributed by atoms with Gasteiger partial charge in [-0.1, -0.05) is 13.8 Å². The van der Waals surface area contributed by atoms with Gasteiger partial charge in [0, 0.05) is 6.20 Å². The molecule has 1 heterocycles. The van der Waals surface area contributed by atoms with Gasteiger partial charge in [0.2, 0.25) is 0 Å². The zero-order chi connectivity index (χ0) is 12.1. The number of carboxylic acid groups (broad SMARTS) is 1. The predicted molar refractivity (Wildman–Crippen MR) is 58.7 cm³/mol. The second-order valence-corrected chi connectivity index (χ2v) is 4.00. The first-order valence-electron chi connectivity index (χ1n) is 5.10. The molecule has 2 N–H and O–H groups in total. The van der Waals surface area contributed by atoms with Crippen LogP contribution in [0.15, 0.2) is 18.3 Å². The molecule has 0 aliphatic heterocycles. The fourth-order valence-corrected chi connectivity index (χ4v) is 1.35. The van der Waals surface area contributed by atoms with Gasteiger partial charge in [-0.3, -0.25) is 0 Å². The maximum atomic E-state index is 13.2. The Morgan fingerprint density at radius 2 is 2.31 bits per heavy atom. The van der Waals surface area contributed by atoms with Crippen LogP contribution in [-0.2, 0) is 4.79 Å². The lowest BCUT2D eigenvalue weighted by atomic mass is 10.0. The normalized spacial score (nSPS) is 12.5. The van der Waals surface area contributed by atoms with Crippen molar-refractivity contribution in [1.82, 2.24) is 4.98 Å². The second kappa shape index (κ2) is 5.44. The number of nitrogens with zero attached hydrogens (tertiary/aromatic N) is 1. The molecule has 88 valence electrons. The van der Waals surface area contributed by atoms with Crippen LogP contribution in [0.1, 0.15) is 20.3 Å². The van der Waals surface area contributed by atoms with Crippen LogP contribution in [0.5, 0.6) is 0 Å². The molecule has 0 saturated heterocycles. The molecule has 1 aromatic heterocycles. The van der Waals surface area contributed by atoms with Gasteiger partial charge >= 0.3 is 5.97 Å². The molecule has 0 aromatic carbocycles. The summed E-state index contributed by atoms with van der Waals surface area (Å²) in [6, 6.07) is 1.88. The number of carbonyl (C=O) groups is 1. The zero-order valence-corrected chi connectivity index (χ0v) is 9.27. The molecular formula is C11H15FN2O2. The number of rotatable bonds is 5. The Morgan fingerprint density at radius 1 is 1.62 bits per heavy atom. The lowest BCUT2D eigenvalue weighted by molar-refractivity contribution is -0.138. The molecule has 0 bridgehead atoms. The van der Waals surface area contributed by atoms with Crippen molar-refractivity contribution in [3.05, 3.63) is 24.1 Å². The van der Waals surface area contributed by atoms with Gasteiger partial charge < -0.3 is 10.4 Å². The molecule has 1 atom stereocenters. The van der Waals surface area contributed by atoms with Gasteiger partial charge in [-0.05, 0) is 24.5 Å². The number of aromatic nitrogens is 1. The summed E-state index contributed by atoms with van der Waals surface area (Å²) in [6.07, 6.45) is 1.84. The van der Waals surface area contributed by atoms with Crippen molar-refractivity contribution in [2.45, 2.75) is 26.3 Å². The van der Waals surface area contributed by atoms with E-state index in [9.17, 15) is 9.18 Å². The molecule has 0 spiro atoms. The minimum Gasteiger partial charge on any atom is -0.480 e. The first kappa shape index (κ1) is 12.4. The maximum Gasteiger partial charge on any atom is 0.326 e. The van der Waals surface area contributed by atoms with Crippen LogP contribution in [0, 0.1) is 11.7 Å². The summed E-state index contributed by atoms with van der Waals surface area (Å²) in [7, 11) is 0. The molecule has 5 heteroatoms. The molecule has 0 radical (unpaired) electrons. The van der Waals surface area contributed by atoms with E-state index < -0.39 is 17.8 Å². The third kappa shape index (κ3) is 3.49. The summed E-state index contributed by atoms with van der Waals surface area (Å²) >= 11 is 0. The number of hydrogen-bond acceptors (Lipinski definition) is 3. The molecule has 1 unspecified atom stereocenters. The van der Waals surface area contributed by atoms with Gasteiger partial charge in [-0.25, -0.2) is 14.2 Å². The van der Waals surface area contributed by atoms with Crippen LogP contribution in [0.4, 0.5) is 10.2 Å². The van der Waals surface area contributed by atoms with Crippen molar-refractivity contribution in [3.63, 3.8) is 0 Å². The second-order valence-electron chi connectivity index (χ2n) is 4.00. The van der Waals surface area contributed by atoms with E-state index in [1.54, 1.807) is 0 Å². The fourth-order valence-electron chi connectivity index (χ4n) is 1.35. The highest BCUT2D eigenvalue weighted by Gasteiger charge is 2.20. The highest BCUT2D eigenvalue weighted by atomic mass is 19.1. The van der Waals surface area contributed by atoms with Crippen LogP contribution < -0.4 is 5.32 Å². The third-order valence-electron chi connectivity index (χ3n) is 2.07. The number of aliphatic carboxylic acids is 1. The van der Waals surface area contributed by atoms with Gasteiger partial charge in [0.1, 0.15) is 6.04 Å². The van der Waals surface area contributed by atoms with Crippen LogP contribution in [0.25, 0.3) is 0 Å². The summed E-state index contributed by atoms with van der Waals surface area (Å²) < 4.78 is 13.2. The van der Waals surface area contributed by atoms with Crippen LogP contribution in [-0.4, -0.2) is 22.1 Å². The van der Waals surface area contributed by atoms with Gasteiger partial charge in [-0.2, -0.15) is 0 Å². The largest absolute Gasteiger partial charge is 0.480 e. The Hall–Kier alpha value is -1.65. The Kier molecular flexibility index (Phi) is 4.22. The van der Waals surface area contributed by atoms with E-state index in [0.29, 0.717) is 6.42 Å². The summed E-state index contributed by atoms with van der Waals surface area (Å²) in [5.74, 6) is -1.35. The number of nitrogens with one attached hydrogen (secondary N) is 1. The average molecular weight is 226 g/mol. The van der Waals surface area contributed by atoms with Gasteiger partial charge in [0.15, 0.2) is 11.6 Å². The van der Waals surface area contributed by atoms with E-state index in [1.165, 1.54) is 18.3 Å². The number of hydrogen-bond donors (Lipinski definition) is 2. The lowest BCUT2D eigenvalue weighted by Gasteiger charge is -2.17. The molecule has 0 fully saturated rings. The first-order chi connectivity index (χ1) is 7.50. The van der Waals surface area contributed by atoms with Crippen molar-refractivity contribution >= 4 is 11.8 Å². The van der Waals surface area contributed by atoms with Gasteiger partial charge in [0.05, 0.1) is 0 Å². The Morgan fingerprint density at radius 3 is 2.81 bits per heavy atom. The molecule has 0 saturated carbocycles. The molecule has 16 heavy (non-hydrogen) atoms. The first-order valence-corrected chi connectivity index (χ1v) is 5.10. The van der Waals surface area contributed by atoms with E-state index in [4.69, 9.17) is 5.11 Å².